The van der Waals surface area contributed by atoms with E-state index in [-0.39, 0.29) is 0 Å². The summed E-state index contributed by atoms with van der Waals surface area (Å²) in [7, 11) is 0. The molecule has 1 aromatic rings. The summed E-state index contributed by atoms with van der Waals surface area (Å²) in [6.07, 6.45) is 3.75. The Bertz CT molecular complexity index is 394. The van der Waals surface area contributed by atoms with Crippen LogP contribution in [0.25, 0.3) is 0 Å². The zero-order chi connectivity index (χ0) is 12.7. The van der Waals surface area contributed by atoms with Crippen LogP contribution in [-0.2, 0) is 0 Å². The Morgan fingerprint density at radius 2 is 2.12 bits per heavy atom. The van der Waals surface area contributed by atoms with Crippen molar-refractivity contribution in [1.82, 2.24) is 0 Å². The van der Waals surface area contributed by atoms with Gasteiger partial charge in [-0.15, -0.1) is 0 Å². The normalized spacial score (nSPS) is 10.3. The molecule has 0 heterocycles. The Morgan fingerprint density at radius 1 is 1.35 bits per heavy atom. The second-order valence-corrected chi connectivity index (χ2v) is 5.48. The maximum atomic E-state index is 8.81. The molecular weight excluding hydrogens is 276 g/mol. The fourth-order valence-electron chi connectivity index (χ4n) is 1.63. The third-order valence-corrected chi connectivity index (χ3v) is 3.28. The number of nitriles is 1. The zero-order valence-corrected chi connectivity index (χ0v) is 12.0. The van der Waals surface area contributed by atoms with E-state index in [1.807, 2.05) is 18.2 Å². The molecule has 0 amide bonds. The van der Waals surface area contributed by atoms with Crippen molar-refractivity contribution in [2.75, 3.05) is 11.9 Å². The van der Waals surface area contributed by atoms with Crippen LogP contribution in [0.2, 0.25) is 0 Å². The third kappa shape index (κ3) is 5.23. The summed E-state index contributed by atoms with van der Waals surface area (Å²) in [5.41, 5.74) is 1.75. The fourth-order valence-corrected chi connectivity index (χ4v) is 2.09. The predicted molar refractivity (Wildman–Crippen MR) is 76.0 cm³/mol. The minimum Gasteiger partial charge on any atom is -0.385 e. The van der Waals surface area contributed by atoms with Crippen molar-refractivity contribution in [3.05, 3.63) is 28.2 Å². The van der Waals surface area contributed by atoms with Crippen LogP contribution in [0.15, 0.2) is 22.7 Å². The number of nitrogens with zero attached hydrogens (tertiary/aromatic N) is 1. The number of halogens is 1. The first-order valence-electron chi connectivity index (χ1n) is 6.07. The van der Waals surface area contributed by atoms with E-state index in [0.717, 1.165) is 22.6 Å². The molecule has 0 saturated carbocycles. The van der Waals surface area contributed by atoms with Crippen LogP contribution in [-0.4, -0.2) is 6.54 Å². The van der Waals surface area contributed by atoms with E-state index in [4.69, 9.17) is 5.26 Å². The first-order chi connectivity index (χ1) is 8.13. The van der Waals surface area contributed by atoms with Crippen LogP contribution in [0.3, 0.4) is 0 Å². The lowest BCUT2D eigenvalue weighted by Gasteiger charge is -2.08. The Morgan fingerprint density at radius 3 is 2.71 bits per heavy atom. The summed E-state index contributed by atoms with van der Waals surface area (Å²) in [6, 6.07) is 7.88. The van der Waals surface area contributed by atoms with E-state index in [1.54, 1.807) is 0 Å². The van der Waals surface area contributed by atoms with Gasteiger partial charge in [0.2, 0.25) is 0 Å². The number of hydrogen-bond acceptors (Lipinski definition) is 2. The van der Waals surface area contributed by atoms with E-state index in [2.05, 4.69) is 41.2 Å². The number of hydrogen-bond donors (Lipinski definition) is 1. The lowest BCUT2D eigenvalue weighted by molar-refractivity contribution is 0.545. The first-order valence-corrected chi connectivity index (χ1v) is 6.86. The molecule has 0 aliphatic rings. The molecule has 0 unspecified atom stereocenters. The SMILES string of the molecule is CC(C)CCCCNc1ccc(C#N)c(Br)c1. The number of unbranched alkanes of at least 4 members (excludes halogenated alkanes) is 1. The van der Waals surface area contributed by atoms with E-state index in [0.29, 0.717) is 5.56 Å². The molecule has 0 fully saturated rings. The molecule has 0 spiro atoms. The van der Waals surface area contributed by atoms with Gasteiger partial charge in [0, 0.05) is 16.7 Å². The lowest BCUT2D eigenvalue weighted by Crippen LogP contribution is -2.02. The maximum Gasteiger partial charge on any atom is 0.100 e. The highest BCUT2D eigenvalue weighted by molar-refractivity contribution is 9.10. The summed E-state index contributed by atoms with van der Waals surface area (Å²) < 4.78 is 0.854. The second-order valence-electron chi connectivity index (χ2n) is 4.62. The molecule has 17 heavy (non-hydrogen) atoms. The zero-order valence-electron chi connectivity index (χ0n) is 10.5. The molecule has 0 bridgehead atoms. The summed E-state index contributed by atoms with van der Waals surface area (Å²) in [5, 5.41) is 12.2. The maximum absolute atomic E-state index is 8.81. The summed E-state index contributed by atoms with van der Waals surface area (Å²) in [4.78, 5) is 0. The Labute approximate surface area is 112 Å². The highest BCUT2D eigenvalue weighted by Crippen LogP contribution is 2.20. The Balaban J connectivity index is 2.33. The quantitative estimate of drug-likeness (QED) is 0.781. The number of nitrogens with one attached hydrogen (secondary N) is 1. The van der Waals surface area contributed by atoms with Crippen LogP contribution in [0.4, 0.5) is 5.69 Å². The van der Waals surface area contributed by atoms with Gasteiger partial charge < -0.3 is 5.32 Å². The summed E-state index contributed by atoms with van der Waals surface area (Å²) >= 11 is 3.39. The van der Waals surface area contributed by atoms with Gasteiger partial charge in [-0.05, 0) is 46.5 Å². The number of benzene rings is 1. The molecule has 1 N–H and O–H groups in total. The van der Waals surface area contributed by atoms with Gasteiger partial charge in [-0.2, -0.15) is 5.26 Å². The molecule has 0 aromatic heterocycles. The molecule has 1 aromatic carbocycles. The summed E-state index contributed by atoms with van der Waals surface area (Å²) in [6.45, 7) is 5.50. The van der Waals surface area contributed by atoms with Crippen molar-refractivity contribution in [3.8, 4) is 6.07 Å². The minimum absolute atomic E-state index is 0.676. The van der Waals surface area contributed by atoms with Crippen LogP contribution in [0, 0.1) is 17.2 Å². The van der Waals surface area contributed by atoms with Crippen molar-refractivity contribution in [1.29, 1.82) is 5.26 Å². The second kappa shape index (κ2) is 7.34. The van der Waals surface area contributed by atoms with Crippen LogP contribution >= 0.6 is 15.9 Å². The molecule has 92 valence electrons. The standard InChI is InChI=1S/C14H19BrN2/c1-11(2)5-3-4-8-17-13-7-6-12(10-16)14(15)9-13/h6-7,9,11,17H,3-5,8H2,1-2H3. The molecule has 0 atom stereocenters. The molecule has 0 saturated heterocycles. The first kappa shape index (κ1) is 14.1. The molecule has 0 radical (unpaired) electrons. The average Bonchev–Trinajstić information content (AvgIpc) is 2.28. The van der Waals surface area contributed by atoms with Crippen LogP contribution < -0.4 is 5.32 Å². The predicted octanol–water partition coefficient (Wildman–Crippen LogP) is 4.56. The molecule has 2 nitrogen and oxygen atoms in total. The van der Waals surface area contributed by atoms with Crippen molar-refractivity contribution in [2.45, 2.75) is 33.1 Å². The Hall–Kier alpha value is -1.01. The fraction of sp³-hybridized carbons (Fsp3) is 0.500. The monoisotopic (exact) mass is 294 g/mol. The van der Waals surface area contributed by atoms with Gasteiger partial charge in [-0.1, -0.05) is 26.7 Å². The summed E-state index contributed by atoms with van der Waals surface area (Å²) in [5.74, 6) is 0.791. The molecule has 0 aliphatic heterocycles. The van der Waals surface area contributed by atoms with Gasteiger partial charge in [-0.3, -0.25) is 0 Å². The van der Waals surface area contributed by atoms with E-state index >= 15 is 0 Å². The molecular formula is C14H19BrN2. The molecule has 1 rings (SSSR count). The smallest absolute Gasteiger partial charge is 0.100 e. The van der Waals surface area contributed by atoms with Gasteiger partial charge in [0.1, 0.15) is 6.07 Å². The van der Waals surface area contributed by atoms with Crippen molar-refractivity contribution < 1.29 is 0 Å². The highest BCUT2D eigenvalue weighted by Gasteiger charge is 2.00. The van der Waals surface area contributed by atoms with Crippen LogP contribution in [0.1, 0.15) is 38.7 Å². The lowest BCUT2D eigenvalue weighted by atomic mass is 10.1. The topological polar surface area (TPSA) is 35.8 Å². The van der Waals surface area contributed by atoms with Crippen LogP contribution in [0.5, 0.6) is 0 Å². The minimum atomic E-state index is 0.676. The third-order valence-electron chi connectivity index (χ3n) is 2.63. The highest BCUT2D eigenvalue weighted by atomic mass is 79.9. The van der Waals surface area contributed by atoms with Gasteiger partial charge in [-0.25, -0.2) is 0 Å². The number of anilines is 1. The average molecular weight is 295 g/mol. The van der Waals surface area contributed by atoms with Crippen molar-refractivity contribution in [3.63, 3.8) is 0 Å². The van der Waals surface area contributed by atoms with Gasteiger partial charge in [0.15, 0.2) is 0 Å². The van der Waals surface area contributed by atoms with Gasteiger partial charge >= 0.3 is 0 Å². The molecule has 0 aliphatic carbocycles. The molecule has 3 heteroatoms. The van der Waals surface area contributed by atoms with E-state index in [1.165, 1.54) is 19.3 Å². The van der Waals surface area contributed by atoms with Gasteiger partial charge in [0.05, 0.1) is 5.56 Å². The van der Waals surface area contributed by atoms with E-state index in [9.17, 15) is 0 Å². The van der Waals surface area contributed by atoms with E-state index < -0.39 is 0 Å². The van der Waals surface area contributed by atoms with Crippen molar-refractivity contribution in [2.24, 2.45) is 5.92 Å². The number of rotatable bonds is 6. The largest absolute Gasteiger partial charge is 0.385 e. The van der Waals surface area contributed by atoms with Gasteiger partial charge in [0.25, 0.3) is 0 Å². The Kier molecular flexibility index (Phi) is 6.07. The van der Waals surface area contributed by atoms with Crippen molar-refractivity contribution >= 4 is 21.6 Å².